The smallest absolute Gasteiger partial charge is 0.259 e. The Balaban J connectivity index is 1.64. The van der Waals surface area contributed by atoms with Crippen LogP contribution in [0.2, 0.25) is 0 Å². The van der Waals surface area contributed by atoms with Crippen LogP contribution in [0.1, 0.15) is 29.8 Å². The van der Waals surface area contributed by atoms with Gasteiger partial charge in [-0.3, -0.25) is 4.79 Å². The van der Waals surface area contributed by atoms with E-state index in [9.17, 15) is 13.2 Å². The molecule has 0 atom stereocenters. The molecule has 1 amide bonds. The third-order valence-corrected chi connectivity index (χ3v) is 6.70. The predicted molar refractivity (Wildman–Crippen MR) is 134 cm³/mol. The number of ether oxygens (including phenoxy) is 1. The van der Waals surface area contributed by atoms with E-state index < -0.39 is 10.0 Å². The molecule has 0 aliphatic heterocycles. The fourth-order valence-electron chi connectivity index (χ4n) is 3.04. The number of hydrogen-bond acceptors (Lipinski definition) is 4. The molecule has 0 aliphatic carbocycles. The van der Waals surface area contributed by atoms with Crippen molar-refractivity contribution in [3.8, 4) is 5.75 Å². The standard InChI is InChI=1S/C25H27BrN2O4S/c1-18(2)17-32-24-13-8-20(26)16-23(24)25(29)28-21-9-11-22(12-10-21)33(30,31)27-15-14-19-6-4-3-5-7-19/h3-13,16,18,27H,14-15,17H2,1-2H3,(H,28,29). The lowest BCUT2D eigenvalue weighted by Gasteiger charge is -2.14. The number of halogens is 1. The van der Waals surface area contributed by atoms with Gasteiger partial charge in [-0.1, -0.05) is 60.1 Å². The van der Waals surface area contributed by atoms with Gasteiger partial charge in [-0.25, -0.2) is 13.1 Å². The number of sulfonamides is 1. The molecule has 0 bridgehead atoms. The summed E-state index contributed by atoms with van der Waals surface area (Å²) in [6.45, 7) is 4.86. The molecule has 33 heavy (non-hydrogen) atoms. The zero-order valence-electron chi connectivity index (χ0n) is 18.5. The predicted octanol–water partition coefficient (Wildman–Crippen LogP) is 5.26. The second-order valence-electron chi connectivity index (χ2n) is 7.96. The highest BCUT2D eigenvalue weighted by atomic mass is 79.9. The van der Waals surface area contributed by atoms with Gasteiger partial charge in [-0.05, 0) is 60.4 Å². The molecule has 0 aromatic heterocycles. The summed E-state index contributed by atoms with van der Waals surface area (Å²) in [5.74, 6) is 0.471. The zero-order valence-corrected chi connectivity index (χ0v) is 20.9. The van der Waals surface area contributed by atoms with E-state index in [1.165, 1.54) is 12.1 Å². The molecule has 0 spiro atoms. The van der Waals surface area contributed by atoms with E-state index in [0.29, 0.717) is 42.5 Å². The van der Waals surface area contributed by atoms with E-state index in [2.05, 4.69) is 26.0 Å². The van der Waals surface area contributed by atoms with Crippen molar-refractivity contribution in [1.29, 1.82) is 0 Å². The van der Waals surface area contributed by atoms with E-state index >= 15 is 0 Å². The molecule has 174 valence electrons. The van der Waals surface area contributed by atoms with Crippen molar-refractivity contribution < 1.29 is 17.9 Å². The summed E-state index contributed by atoms with van der Waals surface area (Å²) in [4.78, 5) is 13.0. The normalized spacial score (nSPS) is 11.4. The summed E-state index contributed by atoms with van der Waals surface area (Å²) in [5, 5.41) is 2.80. The Morgan fingerprint density at radius 2 is 1.70 bits per heavy atom. The van der Waals surface area contributed by atoms with Crippen LogP contribution in [-0.2, 0) is 16.4 Å². The number of rotatable bonds is 10. The quantitative estimate of drug-likeness (QED) is 0.374. The number of benzene rings is 3. The van der Waals surface area contributed by atoms with Gasteiger partial charge >= 0.3 is 0 Å². The molecule has 0 saturated heterocycles. The molecule has 0 unspecified atom stereocenters. The van der Waals surface area contributed by atoms with E-state index in [0.717, 1.165) is 10.0 Å². The van der Waals surface area contributed by atoms with Gasteiger partial charge in [-0.2, -0.15) is 0 Å². The Morgan fingerprint density at radius 1 is 1.00 bits per heavy atom. The van der Waals surface area contributed by atoms with Gasteiger partial charge < -0.3 is 10.1 Å². The van der Waals surface area contributed by atoms with Crippen molar-refractivity contribution >= 4 is 37.5 Å². The highest BCUT2D eigenvalue weighted by Crippen LogP contribution is 2.25. The number of nitrogens with one attached hydrogen (secondary N) is 2. The van der Waals surface area contributed by atoms with Gasteiger partial charge in [0.1, 0.15) is 5.75 Å². The maximum absolute atomic E-state index is 12.8. The summed E-state index contributed by atoms with van der Waals surface area (Å²) in [7, 11) is -3.64. The van der Waals surface area contributed by atoms with Crippen LogP contribution in [0.4, 0.5) is 5.69 Å². The first-order valence-corrected chi connectivity index (χ1v) is 12.9. The molecule has 0 saturated carbocycles. The lowest BCUT2D eigenvalue weighted by Crippen LogP contribution is -2.26. The summed E-state index contributed by atoms with van der Waals surface area (Å²) in [6.07, 6.45) is 0.599. The van der Waals surface area contributed by atoms with Gasteiger partial charge in [0.2, 0.25) is 10.0 Å². The number of anilines is 1. The second-order valence-corrected chi connectivity index (χ2v) is 10.6. The van der Waals surface area contributed by atoms with Crippen molar-refractivity contribution in [2.24, 2.45) is 5.92 Å². The van der Waals surface area contributed by atoms with Crippen LogP contribution >= 0.6 is 15.9 Å². The molecular weight excluding hydrogens is 504 g/mol. The molecule has 8 heteroatoms. The molecule has 0 heterocycles. The summed E-state index contributed by atoms with van der Waals surface area (Å²) in [5.41, 5.74) is 1.94. The molecule has 6 nitrogen and oxygen atoms in total. The first-order chi connectivity index (χ1) is 15.7. The third-order valence-electron chi connectivity index (χ3n) is 4.73. The minimum absolute atomic E-state index is 0.136. The summed E-state index contributed by atoms with van der Waals surface area (Å²) in [6, 6.07) is 21.0. The Labute approximate surface area is 203 Å². The monoisotopic (exact) mass is 530 g/mol. The van der Waals surface area contributed by atoms with Crippen molar-refractivity contribution in [2.45, 2.75) is 25.2 Å². The maximum atomic E-state index is 12.8. The minimum Gasteiger partial charge on any atom is -0.492 e. The molecule has 3 aromatic rings. The number of carbonyl (C=O) groups is 1. The molecule has 3 aromatic carbocycles. The highest BCUT2D eigenvalue weighted by Gasteiger charge is 2.16. The van der Waals surface area contributed by atoms with Gasteiger partial charge in [-0.15, -0.1) is 0 Å². The lowest BCUT2D eigenvalue weighted by molar-refractivity contribution is 0.102. The van der Waals surface area contributed by atoms with Gasteiger partial charge in [0.25, 0.3) is 5.91 Å². The fourth-order valence-corrected chi connectivity index (χ4v) is 4.43. The SMILES string of the molecule is CC(C)COc1ccc(Br)cc1C(=O)Nc1ccc(S(=O)(=O)NCCc2ccccc2)cc1. The van der Waals surface area contributed by atoms with E-state index in [1.807, 2.05) is 50.2 Å². The minimum atomic E-state index is -3.64. The molecule has 0 radical (unpaired) electrons. The average Bonchev–Trinajstić information content (AvgIpc) is 2.79. The maximum Gasteiger partial charge on any atom is 0.259 e. The number of carbonyl (C=O) groups excluding carboxylic acids is 1. The van der Waals surface area contributed by atoms with Crippen LogP contribution in [0.3, 0.4) is 0 Å². The summed E-state index contributed by atoms with van der Waals surface area (Å²) >= 11 is 3.39. The zero-order chi connectivity index (χ0) is 23.8. The Morgan fingerprint density at radius 3 is 2.36 bits per heavy atom. The van der Waals surface area contributed by atoms with Crippen molar-refractivity contribution in [3.63, 3.8) is 0 Å². The molecule has 0 fully saturated rings. The first-order valence-electron chi connectivity index (χ1n) is 10.6. The number of amides is 1. The van der Waals surface area contributed by atoms with Crippen molar-refractivity contribution in [3.05, 3.63) is 88.4 Å². The fraction of sp³-hybridized carbons (Fsp3) is 0.240. The molecule has 2 N–H and O–H groups in total. The molecule has 0 aliphatic rings. The number of hydrogen-bond donors (Lipinski definition) is 2. The molecular formula is C25H27BrN2O4S. The van der Waals surface area contributed by atoms with Gasteiger partial charge in [0.05, 0.1) is 17.1 Å². The van der Waals surface area contributed by atoms with Gasteiger partial charge in [0, 0.05) is 16.7 Å². The Bertz CT molecular complexity index is 1180. The van der Waals surface area contributed by atoms with E-state index in [-0.39, 0.29) is 10.8 Å². The van der Waals surface area contributed by atoms with Crippen LogP contribution in [0.15, 0.2) is 82.2 Å². The lowest BCUT2D eigenvalue weighted by atomic mass is 10.1. The summed E-state index contributed by atoms with van der Waals surface area (Å²) < 4.78 is 34.3. The largest absolute Gasteiger partial charge is 0.492 e. The van der Waals surface area contributed by atoms with Crippen molar-refractivity contribution in [2.75, 3.05) is 18.5 Å². The van der Waals surface area contributed by atoms with Crippen LogP contribution in [0, 0.1) is 5.92 Å². The Kier molecular flexibility index (Phi) is 8.66. The second kappa shape index (κ2) is 11.4. The molecule has 3 rings (SSSR count). The van der Waals surface area contributed by atoms with E-state index in [1.54, 1.807) is 24.3 Å². The average molecular weight is 531 g/mol. The highest BCUT2D eigenvalue weighted by molar-refractivity contribution is 9.10. The van der Waals surface area contributed by atoms with Gasteiger partial charge in [0.15, 0.2) is 0 Å². The Hall–Kier alpha value is -2.68. The third kappa shape index (κ3) is 7.42. The van der Waals surface area contributed by atoms with Crippen LogP contribution in [-0.4, -0.2) is 27.5 Å². The van der Waals surface area contributed by atoms with Crippen molar-refractivity contribution in [1.82, 2.24) is 4.72 Å². The van der Waals surface area contributed by atoms with Crippen LogP contribution in [0.25, 0.3) is 0 Å². The van der Waals surface area contributed by atoms with Crippen LogP contribution in [0.5, 0.6) is 5.75 Å². The van der Waals surface area contributed by atoms with E-state index in [4.69, 9.17) is 4.74 Å². The van der Waals surface area contributed by atoms with Crippen LogP contribution < -0.4 is 14.8 Å². The topological polar surface area (TPSA) is 84.5 Å². The first kappa shape index (κ1) is 25.0.